The monoisotopic (exact) mass is 603 g/mol. The average molecular weight is 604 g/mol. The second-order valence-corrected chi connectivity index (χ2v) is 11.1. The van der Waals surface area contributed by atoms with Gasteiger partial charge in [0.05, 0.1) is 12.0 Å². The molecule has 0 saturated carbocycles. The van der Waals surface area contributed by atoms with Crippen LogP contribution in [-0.2, 0) is 32.3 Å². The quantitative estimate of drug-likeness (QED) is 0.149. The fourth-order valence-electron chi connectivity index (χ4n) is 3.97. The Morgan fingerprint density at radius 3 is 2.05 bits per heavy atom. The van der Waals surface area contributed by atoms with Gasteiger partial charge in [-0.3, -0.25) is 14.4 Å². The number of esters is 1. The van der Waals surface area contributed by atoms with E-state index in [9.17, 15) is 19.2 Å². The summed E-state index contributed by atoms with van der Waals surface area (Å²) in [7, 11) is 0. The number of anilines is 1. The molecule has 0 aromatic heterocycles. The summed E-state index contributed by atoms with van der Waals surface area (Å²) in [5.74, 6) is -0.776. The third kappa shape index (κ3) is 13.0. The van der Waals surface area contributed by atoms with Crippen LogP contribution in [0.1, 0.15) is 67.9 Å². The summed E-state index contributed by atoms with van der Waals surface area (Å²) in [6.45, 7) is 6.23. The van der Waals surface area contributed by atoms with Gasteiger partial charge in [0.15, 0.2) is 0 Å². The molecule has 0 aliphatic heterocycles. The number of nitrogens with one attached hydrogen (secondary N) is 3. The lowest BCUT2D eigenvalue weighted by Crippen LogP contribution is -2.33. The zero-order chi connectivity index (χ0) is 31.8. The topological polar surface area (TPSA) is 132 Å². The summed E-state index contributed by atoms with van der Waals surface area (Å²) in [6.07, 6.45) is 0.882. The van der Waals surface area contributed by atoms with Gasteiger partial charge in [-0.1, -0.05) is 60.7 Å². The van der Waals surface area contributed by atoms with E-state index in [1.165, 1.54) is 0 Å². The molecule has 0 atom stereocenters. The summed E-state index contributed by atoms with van der Waals surface area (Å²) in [6, 6.07) is 23.7. The van der Waals surface area contributed by atoms with Gasteiger partial charge in [0, 0.05) is 25.2 Å². The molecule has 0 bridgehead atoms. The van der Waals surface area contributed by atoms with E-state index in [0.29, 0.717) is 30.8 Å². The predicted octanol–water partition coefficient (Wildman–Crippen LogP) is 5.76. The standard InChI is InChI=1S/C34H41N3O7/c1-34(2,3)44-33(41)36-20-11-10-16-30(38)37-27-17-18-29(42-23-25-12-6-4-7-13-25)28(22-27)32(40)35-21-19-31(39)43-24-26-14-8-5-9-15-26/h4-9,12-15,17-18,22H,10-11,16,19-21,23-24H2,1-3H3,(H,35,40)(H,36,41)(H,37,38). The van der Waals surface area contributed by atoms with Gasteiger partial charge in [-0.05, 0) is 62.9 Å². The Hall–Kier alpha value is -4.86. The molecule has 0 spiro atoms. The Balaban J connectivity index is 1.53. The van der Waals surface area contributed by atoms with Crippen molar-refractivity contribution in [3.63, 3.8) is 0 Å². The van der Waals surface area contributed by atoms with Crippen molar-refractivity contribution in [1.29, 1.82) is 0 Å². The van der Waals surface area contributed by atoms with Gasteiger partial charge in [-0.25, -0.2) is 4.79 Å². The molecule has 0 aliphatic carbocycles. The normalized spacial score (nSPS) is 10.8. The van der Waals surface area contributed by atoms with E-state index in [1.807, 2.05) is 60.7 Å². The Kier molecular flexibility index (Phi) is 13.2. The van der Waals surface area contributed by atoms with Gasteiger partial charge >= 0.3 is 12.1 Å². The zero-order valence-corrected chi connectivity index (χ0v) is 25.5. The van der Waals surface area contributed by atoms with E-state index in [2.05, 4.69) is 16.0 Å². The van der Waals surface area contributed by atoms with Crippen LogP contribution in [0.3, 0.4) is 0 Å². The minimum absolute atomic E-state index is 0.00199. The summed E-state index contributed by atoms with van der Waals surface area (Å²) < 4.78 is 16.4. The highest BCUT2D eigenvalue weighted by molar-refractivity contribution is 5.99. The van der Waals surface area contributed by atoms with Crippen molar-refractivity contribution in [3.05, 3.63) is 95.6 Å². The third-order valence-electron chi connectivity index (χ3n) is 6.10. The van der Waals surface area contributed by atoms with Gasteiger partial charge < -0.3 is 30.2 Å². The first kappa shape index (κ1) is 33.6. The van der Waals surface area contributed by atoms with E-state index in [4.69, 9.17) is 14.2 Å². The number of unbranched alkanes of at least 4 members (excludes halogenated alkanes) is 1. The zero-order valence-electron chi connectivity index (χ0n) is 25.5. The second-order valence-electron chi connectivity index (χ2n) is 11.1. The fourth-order valence-corrected chi connectivity index (χ4v) is 3.97. The molecule has 0 unspecified atom stereocenters. The smallest absolute Gasteiger partial charge is 0.407 e. The van der Waals surface area contributed by atoms with Crippen molar-refractivity contribution in [3.8, 4) is 5.75 Å². The minimum atomic E-state index is -0.573. The van der Waals surface area contributed by atoms with E-state index < -0.39 is 23.6 Å². The molecule has 10 heteroatoms. The highest BCUT2D eigenvalue weighted by Crippen LogP contribution is 2.24. The van der Waals surface area contributed by atoms with Crippen LogP contribution in [0.4, 0.5) is 10.5 Å². The molecular formula is C34H41N3O7. The van der Waals surface area contributed by atoms with E-state index in [-0.39, 0.29) is 44.1 Å². The van der Waals surface area contributed by atoms with Gasteiger partial charge in [0.2, 0.25) is 5.91 Å². The molecule has 234 valence electrons. The van der Waals surface area contributed by atoms with Crippen LogP contribution in [0.15, 0.2) is 78.9 Å². The fraction of sp³-hybridized carbons (Fsp3) is 0.353. The Bertz CT molecular complexity index is 1370. The number of ether oxygens (including phenoxy) is 3. The Labute approximate surface area is 258 Å². The number of carbonyl (C=O) groups excluding carboxylic acids is 4. The first-order chi connectivity index (χ1) is 21.1. The molecule has 0 saturated heterocycles. The van der Waals surface area contributed by atoms with Crippen molar-refractivity contribution in [2.24, 2.45) is 0 Å². The molecule has 3 N–H and O–H groups in total. The van der Waals surface area contributed by atoms with E-state index in [0.717, 1.165) is 11.1 Å². The summed E-state index contributed by atoms with van der Waals surface area (Å²) >= 11 is 0. The van der Waals surface area contributed by atoms with Crippen LogP contribution in [0.2, 0.25) is 0 Å². The maximum Gasteiger partial charge on any atom is 0.407 e. The summed E-state index contributed by atoms with van der Waals surface area (Å²) in [4.78, 5) is 49.7. The van der Waals surface area contributed by atoms with Crippen LogP contribution in [0, 0.1) is 0 Å². The van der Waals surface area contributed by atoms with Crippen LogP contribution in [0.5, 0.6) is 5.75 Å². The first-order valence-corrected chi connectivity index (χ1v) is 14.6. The minimum Gasteiger partial charge on any atom is -0.488 e. The van der Waals surface area contributed by atoms with Crippen molar-refractivity contribution in [1.82, 2.24) is 10.6 Å². The van der Waals surface area contributed by atoms with Gasteiger partial charge in [-0.15, -0.1) is 0 Å². The number of carbonyl (C=O) groups is 4. The molecular weight excluding hydrogens is 562 g/mol. The van der Waals surface area contributed by atoms with Gasteiger partial charge in [0.1, 0.15) is 24.6 Å². The largest absolute Gasteiger partial charge is 0.488 e. The molecule has 0 fully saturated rings. The molecule has 10 nitrogen and oxygen atoms in total. The van der Waals surface area contributed by atoms with Crippen LogP contribution >= 0.6 is 0 Å². The van der Waals surface area contributed by atoms with Crippen LogP contribution < -0.4 is 20.7 Å². The molecule has 3 rings (SSSR count). The summed E-state index contributed by atoms with van der Waals surface area (Å²) in [5, 5.41) is 8.23. The number of rotatable bonds is 15. The second kappa shape index (κ2) is 17.3. The molecule has 0 heterocycles. The van der Waals surface area contributed by atoms with Gasteiger partial charge in [-0.2, -0.15) is 0 Å². The third-order valence-corrected chi connectivity index (χ3v) is 6.10. The SMILES string of the molecule is CC(C)(C)OC(=O)NCCCCC(=O)Nc1ccc(OCc2ccccc2)c(C(=O)NCCC(=O)OCc2ccccc2)c1. The Morgan fingerprint density at radius 1 is 0.727 bits per heavy atom. The maximum absolute atomic E-state index is 13.2. The lowest BCUT2D eigenvalue weighted by Gasteiger charge is -2.19. The molecule has 3 aromatic rings. The first-order valence-electron chi connectivity index (χ1n) is 14.6. The Morgan fingerprint density at radius 2 is 1.39 bits per heavy atom. The van der Waals surface area contributed by atoms with Crippen LogP contribution in [0.25, 0.3) is 0 Å². The maximum atomic E-state index is 13.2. The molecule has 3 aromatic carbocycles. The summed E-state index contributed by atoms with van der Waals surface area (Å²) in [5.41, 5.74) is 1.88. The number of hydrogen-bond acceptors (Lipinski definition) is 7. The highest BCUT2D eigenvalue weighted by Gasteiger charge is 2.17. The highest BCUT2D eigenvalue weighted by atomic mass is 16.6. The van der Waals surface area contributed by atoms with Crippen molar-refractivity contribution in [2.45, 2.75) is 65.3 Å². The number of hydrogen-bond donors (Lipinski definition) is 3. The lowest BCUT2D eigenvalue weighted by molar-refractivity contribution is -0.144. The van der Waals surface area contributed by atoms with E-state index >= 15 is 0 Å². The molecule has 44 heavy (non-hydrogen) atoms. The van der Waals surface area contributed by atoms with Crippen molar-refractivity contribution < 1.29 is 33.4 Å². The van der Waals surface area contributed by atoms with Crippen molar-refractivity contribution >= 4 is 29.6 Å². The molecule has 3 amide bonds. The predicted molar refractivity (Wildman–Crippen MR) is 167 cm³/mol. The molecule has 0 aliphatic rings. The van der Waals surface area contributed by atoms with Crippen LogP contribution in [-0.4, -0.2) is 42.6 Å². The number of amides is 3. The average Bonchev–Trinajstić information content (AvgIpc) is 2.99. The van der Waals surface area contributed by atoms with E-state index in [1.54, 1.807) is 39.0 Å². The van der Waals surface area contributed by atoms with Gasteiger partial charge in [0.25, 0.3) is 5.91 Å². The number of benzene rings is 3. The molecule has 0 radical (unpaired) electrons. The van der Waals surface area contributed by atoms with Crippen molar-refractivity contribution in [2.75, 3.05) is 18.4 Å². The number of alkyl carbamates (subject to hydrolysis) is 1. The lowest BCUT2D eigenvalue weighted by atomic mass is 10.1.